The van der Waals surface area contributed by atoms with Gasteiger partial charge in [-0.2, -0.15) is 0 Å². The summed E-state index contributed by atoms with van der Waals surface area (Å²) < 4.78 is 5.12. The van der Waals surface area contributed by atoms with E-state index in [-0.39, 0.29) is 39.3 Å². The van der Waals surface area contributed by atoms with E-state index in [1.54, 1.807) is 0 Å². The lowest BCUT2D eigenvalue weighted by molar-refractivity contribution is -0.897. The highest BCUT2D eigenvalue weighted by molar-refractivity contribution is 5.82. The van der Waals surface area contributed by atoms with Crippen molar-refractivity contribution in [2.75, 3.05) is 25.5 Å². The molecule has 5 nitrogen and oxygen atoms in total. The number of carbonyl (C=O) groups is 1. The van der Waals surface area contributed by atoms with Crippen molar-refractivity contribution in [2.24, 2.45) is 17.3 Å². The second kappa shape index (κ2) is 4.18. The molecule has 6 rings (SSSR count). The van der Waals surface area contributed by atoms with Crippen LogP contribution in [0.2, 0.25) is 0 Å². The van der Waals surface area contributed by atoms with Crippen LogP contribution in [-0.2, 0) is 14.9 Å². The van der Waals surface area contributed by atoms with Gasteiger partial charge in [-0.3, -0.25) is 4.79 Å². The van der Waals surface area contributed by atoms with Crippen LogP contribution in [0.1, 0.15) is 25.3 Å². The van der Waals surface area contributed by atoms with Gasteiger partial charge in [0.2, 0.25) is 0 Å². The molecule has 1 aromatic carbocycles. The first-order valence-electron chi connectivity index (χ1n) is 9.67. The minimum absolute atomic E-state index is 0.00736. The maximum absolute atomic E-state index is 13.9. The lowest BCUT2D eigenvalue weighted by atomic mass is 9.57. The maximum Gasteiger partial charge on any atom is 0.311 e. The van der Waals surface area contributed by atoms with Crippen LogP contribution >= 0.6 is 0 Å². The highest BCUT2D eigenvalue weighted by atomic mass is 16.6. The summed E-state index contributed by atoms with van der Waals surface area (Å²) in [6, 6.07) is 8.39. The minimum Gasteiger partial charge on any atom is -0.632 e. The van der Waals surface area contributed by atoms with E-state index in [1.165, 1.54) is 12.7 Å². The number of rotatable bonds is 1. The van der Waals surface area contributed by atoms with Crippen LogP contribution in [-0.4, -0.2) is 42.4 Å². The Bertz CT molecular complexity index is 884. The fourth-order valence-electron chi connectivity index (χ4n) is 8.20. The van der Waals surface area contributed by atoms with Crippen LogP contribution in [0, 0.1) is 22.5 Å². The van der Waals surface area contributed by atoms with Crippen LogP contribution < -0.4 is 5.32 Å². The van der Waals surface area contributed by atoms with Gasteiger partial charge >= 0.3 is 5.97 Å². The number of para-hydroxylation sites is 1. The summed E-state index contributed by atoms with van der Waals surface area (Å²) in [5, 5.41) is 17.7. The summed E-state index contributed by atoms with van der Waals surface area (Å²) in [6.45, 7) is 3.44. The third kappa shape index (κ3) is 1.19. The highest BCUT2D eigenvalue weighted by Gasteiger charge is 2.89. The fourth-order valence-corrected chi connectivity index (χ4v) is 8.20. The monoisotopic (exact) mass is 352 g/mol. The van der Waals surface area contributed by atoms with Crippen molar-refractivity contribution in [3.8, 4) is 0 Å². The number of nitrogens with zero attached hydrogens (tertiary/aromatic N) is 1. The summed E-state index contributed by atoms with van der Waals surface area (Å²) in [4.78, 5) is 12.9. The summed E-state index contributed by atoms with van der Waals surface area (Å²) in [5.41, 5.74) is 1.42. The van der Waals surface area contributed by atoms with E-state index >= 15 is 0 Å². The third-order valence-corrected chi connectivity index (χ3v) is 8.74. The minimum atomic E-state index is -0.423. The van der Waals surface area contributed by atoms with Crippen LogP contribution in [0.3, 0.4) is 0 Å². The molecule has 26 heavy (non-hydrogen) atoms. The number of nitrogens with one attached hydrogen (secondary N) is 1. The van der Waals surface area contributed by atoms with E-state index in [4.69, 9.17) is 4.74 Å². The van der Waals surface area contributed by atoms with E-state index in [0.29, 0.717) is 19.5 Å². The number of quaternary nitrogens is 1. The quantitative estimate of drug-likeness (QED) is 0.365. The Morgan fingerprint density at radius 1 is 1.38 bits per heavy atom. The van der Waals surface area contributed by atoms with Crippen LogP contribution in [0.4, 0.5) is 5.69 Å². The summed E-state index contributed by atoms with van der Waals surface area (Å²) in [7, 11) is 1.48. The van der Waals surface area contributed by atoms with E-state index in [1.807, 2.05) is 6.07 Å². The molecule has 7 atom stereocenters. The van der Waals surface area contributed by atoms with Crippen molar-refractivity contribution < 1.29 is 14.2 Å². The molecule has 3 spiro atoms. The van der Waals surface area contributed by atoms with E-state index in [2.05, 4.69) is 42.6 Å². The van der Waals surface area contributed by atoms with Gasteiger partial charge in [-0.1, -0.05) is 31.2 Å². The van der Waals surface area contributed by atoms with Gasteiger partial charge in [-0.15, -0.1) is 0 Å². The molecule has 2 saturated carbocycles. The number of hydroxylamine groups is 3. The molecular formula is C21H24N2O3. The average molecular weight is 352 g/mol. The normalized spacial score (nSPS) is 51.6. The largest absolute Gasteiger partial charge is 0.632 e. The number of benzene rings is 1. The zero-order valence-corrected chi connectivity index (χ0v) is 15.2. The second-order valence-electron chi connectivity index (χ2n) is 9.04. The lowest BCUT2D eigenvalue weighted by Crippen LogP contribution is -2.66. The Hall–Kier alpha value is -1.85. The van der Waals surface area contributed by atoms with Crippen molar-refractivity contribution in [1.82, 2.24) is 0 Å². The Labute approximate surface area is 153 Å². The molecule has 5 heteroatoms. The Balaban J connectivity index is 1.71. The first kappa shape index (κ1) is 15.2. The molecule has 2 aliphatic carbocycles. The fraction of sp³-hybridized carbons (Fsp3) is 0.571. The predicted molar refractivity (Wildman–Crippen MR) is 97.1 cm³/mol. The molecular weight excluding hydrogens is 328 g/mol. The van der Waals surface area contributed by atoms with Crippen LogP contribution in [0.15, 0.2) is 36.4 Å². The van der Waals surface area contributed by atoms with E-state index < -0.39 is 5.54 Å². The number of esters is 1. The van der Waals surface area contributed by atoms with Gasteiger partial charge in [0.1, 0.15) is 6.04 Å². The van der Waals surface area contributed by atoms with Gasteiger partial charge in [-0.05, 0) is 30.0 Å². The number of carbonyl (C=O) groups excluding carboxylic acids is 1. The zero-order chi connectivity index (χ0) is 17.9. The smallest absolute Gasteiger partial charge is 0.311 e. The summed E-state index contributed by atoms with van der Waals surface area (Å²) in [6.07, 6.45) is 5.93. The molecule has 0 aromatic heterocycles. The van der Waals surface area contributed by atoms with Gasteiger partial charge in [0.05, 0.1) is 37.1 Å². The number of methoxy groups -OCH3 is 1. The molecule has 1 aromatic rings. The molecule has 0 radical (unpaired) electrons. The molecule has 5 unspecified atom stereocenters. The molecule has 3 aliphatic heterocycles. The van der Waals surface area contributed by atoms with Gasteiger partial charge < -0.3 is 19.9 Å². The summed E-state index contributed by atoms with van der Waals surface area (Å²) in [5.74, 6) is -0.151. The van der Waals surface area contributed by atoms with Crippen molar-refractivity contribution in [3.63, 3.8) is 0 Å². The SMILES string of the molecule is COC(=O)[C@H]1CC23C=CC[N+]4([O-])CCC5(c6ccccc6NC15C2C)[C@H]34. The number of ether oxygens (including phenoxy) is 1. The highest BCUT2D eigenvalue weighted by Crippen LogP contribution is 2.80. The number of anilines is 1. The number of hydrogen-bond donors (Lipinski definition) is 1. The average Bonchev–Trinajstić information content (AvgIpc) is 3.27. The molecule has 5 aliphatic rings. The Morgan fingerprint density at radius 2 is 2.19 bits per heavy atom. The molecule has 3 fully saturated rings. The van der Waals surface area contributed by atoms with Crippen molar-refractivity contribution in [2.45, 2.75) is 36.8 Å². The third-order valence-electron chi connectivity index (χ3n) is 8.74. The van der Waals surface area contributed by atoms with E-state index in [9.17, 15) is 10.0 Å². The van der Waals surface area contributed by atoms with Crippen molar-refractivity contribution in [3.05, 3.63) is 47.2 Å². The maximum atomic E-state index is 13.9. The zero-order valence-electron chi connectivity index (χ0n) is 15.2. The van der Waals surface area contributed by atoms with Crippen molar-refractivity contribution in [1.29, 1.82) is 0 Å². The van der Waals surface area contributed by atoms with Gasteiger partial charge in [0.25, 0.3) is 0 Å². The number of hydrogen-bond acceptors (Lipinski definition) is 4. The molecule has 1 saturated heterocycles. The van der Waals surface area contributed by atoms with Crippen LogP contribution in [0.5, 0.6) is 0 Å². The topological polar surface area (TPSA) is 61.4 Å². The molecule has 1 N–H and O–H groups in total. The standard InChI is InChI=1S/C21H24N2O3/c1-13-19-8-5-10-23(25)11-9-20(18(19)23)14-6-3-4-7-16(14)22-21(13,20)15(12-19)17(24)26-2/h3-8,13,15,18,22H,9-12H2,1-2H3/t13?,15-,18+,19?,20?,21?,23?/m1/s1. The Kier molecular flexibility index (Phi) is 2.45. The first-order valence-corrected chi connectivity index (χ1v) is 9.67. The van der Waals surface area contributed by atoms with Crippen LogP contribution in [0.25, 0.3) is 0 Å². The molecule has 3 heterocycles. The van der Waals surface area contributed by atoms with Gasteiger partial charge in [0.15, 0.2) is 0 Å². The van der Waals surface area contributed by atoms with E-state index in [0.717, 1.165) is 12.1 Å². The summed E-state index contributed by atoms with van der Waals surface area (Å²) >= 11 is 0. The second-order valence-corrected chi connectivity index (χ2v) is 9.04. The van der Waals surface area contributed by atoms with Gasteiger partial charge in [0, 0.05) is 17.5 Å². The Morgan fingerprint density at radius 3 is 3.00 bits per heavy atom. The van der Waals surface area contributed by atoms with Gasteiger partial charge in [-0.25, -0.2) is 0 Å². The predicted octanol–water partition coefficient (Wildman–Crippen LogP) is 2.57. The van der Waals surface area contributed by atoms with Crippen molar-refractivity contribution >= 4 is 11.7 Å². The number of fused-ring (bicyclic) bond motifs is 1. The molecule has 136 valence electrons. The lowest BCUT2D eigenvalue weighted by Gasteiger charge is -2.56. The molecule has 0 amide bonds. The first-order chi connectivity index (χ1) is 12.5. The molecule has 2 bridgehead atoms.